The molecule has 1 amide bonds. The molecule has 0 radical (unpaired) electrons. The van der Waals surface area contributed by atoms with E-state index < -0.39 is 5.91 Å². The van der Waals surface area contributed by atoms with E-state index in [1.54, 1.807) is 18.3 Å². The van der Waals surface area contributed by atoms with Gasteiger partial charge in [-0.1, -0.05) is 61.5 Å². The Morgan fingerprint density at radius 2 is 1.67 bits per heavy atom. The number of hydrogen-bond donors (Lipinski definition) is 2. The highest BCUT2D eigenvalue weighted by molar-refractivity contribution is 6.01. The van der Waals surface area contributed by atoms with Gasteiger partial charge in [0.1, 0.15) is 5.75 Å². The maximum atomic E-state index is 12.2. The van der Waals surface area contributed by atoms with Crippen molar-refractivity contribution in [2.24, 2.45) is 5.10 Å². The number of amides is 1. The molecule has 3 aromatic carbocycles. The number of rotatable bonds is 4. The van der Waals surface area contributed by atoms with Gasteiger partial charge in [-0.3, -0.25) is 4.79 Å². The van der Waals surface area contributed by atoms with Gasteiger partial charge in [-0.05, 0) is 28.5 Å². The van der Waals surface area contributed by atoms with Crippen molar-refractivity contribution < 1.29 is 9.90 Å². The minimum Gasteiger partial charge on any atom is -0.507 e. The maximum absolute atomic E-state index is 12.2. The zero-order chi connectivity index (χ0) is 16.9. The third-order valence-corrected chi connectivity index (χ3v) is 3.90. The summed E-state index contributed by atoms with van der Waals surface area (Å²) in [5.74, 6) is -0.413. The first-order chi connectivity index (χ1) is 11.6. The molecule has 24 heavy (non-hydrogen) atoms. The average Bonchev–Trinajstić information content (AvgIpc) is 2.61. The smallest absolute Gasteiger partial charge is 0.275 e. The summed E-state index contributed by atoms with van der Waals surface area (Å²) in [7, 11) is 0. The van der Waals surface area contributed by atoms with Gasteiger partial charge in [0, 0.05) is 12.1 Å². The van der Waals surface area contributed by atoms with Gasteiger partial charge in [0.15, 0.2) is 0 Å². The molecule has 3 aromatic rings. The highest BCUT2D eigenvalue weighted by Gasteiger charge is 2.12. The molecule has 0 aliphatic carbocycles. The predicted molar refractivity (Wildman–Crippen MR) is 96.4 cm³/mol. The molecule has 0 aliphatic heterocycles. The molecule has 1 unspecified atom stereocenters. The first-order valence-corrected chi connectivity index (χ1v) is 7.75. The summed E-state index contributed by atoms with van der Waals surface area (Å²) in [6.07, 6.45) is 1.67. The van der Waals surface area contributed by atoms with Crippen LogP contribution in [-0.2, 0) is 0 Å². The summed E-state index contributed by atoms with van der Waals surface area (Å²) in [4.78, 5) is 12.2. The van der Waals surface area contributed by atoms with E-state index in [0.29, 0.717) is 0 Å². The summed E-state index contributed by atoms with van der Waals surface area (Å²) in [6.45, 7) is 2.00. The van der Waals surface area contributed by atoms with Crippen molar-refractivity contribution in [3.8, 4) is 5.75 Å². The van der Waals surface area contributed by atoms with E-state index in [1.165, 1.54) is 0 Å². The van der Waals surface area contributed by atoms with Crippen LogP contribution in [0.25, 0.3) is 10.8 Å². The third-order valence-electron chi connectivity index (χ3n) is 3.90. The second-order valence-corrected chi connectivity index (χ2v) is 5.63. The Balaban J connectivity index is 1.73. The lowest BCUT2D eigenvalue weighted by atomic mass is 10.0. The summed E-state index contributed by atoms with van der Waals surface area (Å²) in [6, 6.07) is 20.7. The molecule has 0 saturated carbocycles. The summed E-state index contributed by atoms with van der Waals surface area (Å²) < 4.78 is 0. The van der Waals surface area contributed by atoms with Gasteiger partial charge in [-0.2, -0.15) is 5.10 Å². The van der Waals surface area contributed by atoms with Crippen LogP contribution in [0.3, 0.4) is 0 Å². The second-order valence-electron chi connectivity index (χ2n) is 5.63. The number of carbonyl (C=O) groups excluding carboxylic acids is 1. The van der Waals surface area contributed by atoms with E-state index in [-0.39, 0.29) is 17.2 Å². The van der Waals surface area contributed by atoms with Gasteiger partial charge in [0.25, 0.3) is 5.91 Å². The van der Waals surface area contributed by atoms with E-state index in [2.05, 4.69) is 10.5 Å². The van der Waals surface area contributed by atoms with Crippen LogP contribution in [0.2, 0.25) is 0 Å². The first-order valence-electron chi connectivity index (χ1n) is 7.75. The lowest BCUT2D eigenvalue weighted by molar-refractivity contribution is 0.0952. The van der Waals surface area contributed by atoms with Crippen molar-refractivity contribution in [2.45, 2.75) is 12.8 Å². The highest BCUT2D eigenvalue weighted by Crippen LogP contribution is 2.24. The fourth-order valence-electron chi connectivity index (χ4n) is 2.52. The number of carbonyl (C=O) groups is 1. The minimum atomic E-state index is -0.435. The predicted octanol–water partition coefficient (Wildman–Crippen LogP) is 4.06. The number of nitrogens with zero attached hydrogens (tertiary/aromatic N) is 1. The van der Waals surface area contributed by atoms with Gasteiger partial charge in [0.05, 0.1) is 5.56 Å². The van der Waals surface area contributed by atoms with Crippen LogP contribution in [0.15, 0.2) is 71.8 Å². The van der Waals surface area contributed by atoms with Gasteiger partial charge in [0.2, 0.25) is 0 Å². The highest BCUT2D eigenvalue weighted by atomic mass is 16.3. The Morgan fingerprint density at radius 1 is 1.04 bits per heavy atom. The Hall–Kier alpha value is -3.14. The molecular weight excluding hydrogens is 300 g/mol. The Bertz CT molecular complexity index is 889. The van der Waals surface area contributed by atoms with Crippen LogP contribution in [0.1, 0.15) is 28.8 Å². The maximum Gasteiger partial charge on any atom is 0.275 e. The van der Waals surface area contributed by atoms with E-state index in [4.69, 9.17) is 0 Å². The molecule has 4 heteroatoms. The largest absolute Gasteiger partial charge is 0.507 e. The van der Waals surface area contributed by atoms with E-state index in [1.807, 2.05) is 61.5 Å². The average molecular weight is 318 g/mol. The molecule has 0 bridgehead atoms. The van der Waals surface area contributed by atoms with Gasteiger partial charge in [-0.15, -0.1) is 0 Å². The lowest BCUT2D eigenvalue weighted by Gasteiger charge is -2.07. The molecule has 0 aromatic heterocycles. The minimum absolute atomic E-state index is 0.0579. The first kappa shape index (κ1) is 15.7. The molecular formula is C20H18N2O2. The standard InChI is InChI=1S/C20H18N2O2/c1-14(15-7-3-2-4-8-15)13-21-22-20(24)18-11-16-9-5-6-10-17(16)12-19(18)23/h2-14,23H,1H3,(H,22,24)/b21-13+. The number of nitrogens with one attached hydrogen (secondary N) is 1. The molecule has 0 saturated heterocycles. The van der Waals surface area contributed by atoms with Crippen LogP contribution >= 0.6 is 0 Å². The fourth-order valence-corrected chi connectivity index (χ4v) is 2.52. The van der Waals surface area contributed by atoms with E-state index in [0.717, 1.165) is 16.3 Å². The van der Waals surface area contributed by atoms with Gasteiger partial charge in [-0.25, -0.2) is 5.43 Å². The van der Waals surface area contributed by atoms with Crippen molar-refractivity contribution in [3.05, 3.63) is 77.9 Å². The number of fused-ring (bicyclic) bond motifs is 1. The van der Waals surface area contributed by atoms with Crippen LogP contribution in [0.5, 0.6) is 5.75 Å². The Labute approximate surface area is 140 Å². The topological polar surface area (TPSA) is 61.7 Å². The van der Waals surface area contributed by atoms with Crippen molar-refractivity contribution in [1.82, 2.24) is 5.43 Å². The van der Waals surface area contributed by atoms with Crippen molar-refractivity contribution in [3.63, 3.8) is 0 Å². The summed E-state index contributed by atoms with van der Waals surface area (Å²) in [5.41, 5.74) is 3.80. The SMILES string of the molecule is CC(/C=N/NC(=O)c1cc2ccccc2cc1O)c1ccccc1. The quantitative estimate of drug-likeness (QED) is 0.563. The van der Waals surface area contributed by atoms with Gasteiger partial charge < -0.3 is 5.11 Å². The molecule has 3 rings (SSSR count). The number of phenols is 1. The number of hydrogen-bond acceptors (Lipinski definition) is 3. The van der Waals surface area contributed by atoms with E-state index in [9.17, 15) is 9.90 Å². The molecule has 1 atom stereocenters. The Morgan fingerprint density at radius 3 is 2.38 bits per heavy atom. The van der Waals surface area contributed by atoms with Crippen molar-refractivity contribution in [2.75, 3.05) is 0 Å². The monoisotopic (exact) mass is 318 g/mol. The zero-order valence-electron chi connectivity index (χ0n) is 13.3. The third kappa shape index (κ3) is 3.43. The van der Waals surface area contributed by atoms with Crippen molar-refractivity contribution in [1.29, 1.82) is 0 Å². The summed E-state index contributed by atoms with van der Waals surface area (Å²) >= 11 is 0. The molecule has 0 spiro atoms. The number of benzene rings is 3. The van der Waals surface area contributed by atoms with Crippen LogP contribution in [0.4, 0.5) is 0 Å². The molecule has 120 valence electrons. The van der Waals surface area contributed by atoms with Crippen LogP contribution in [-0.4, -0.2) is 17.2 Å². The molecule has 4 nitrogen and oxygen atoms in total. The number of phenolic OH excluding ortho intramolecular Hbond substituents is 1. The molecule has 0 heterocycles. The normalized spacial score (nSPS) is 12.4. The second kappa shape index (κ2) is 6.96. The zero-order valence-corrected chi connectivity index (χ0v) is 13.3. The fraction of sp³-hybridized carbons (Fsp3) is 0.100. The summed E-state index contributed by atoms with van der Waals surface area (Å²) in [5, 5.41) is 15.8. The number of hydrazone groups is 1. The number of aromatic hydroxyl groups is 1. The van der Waals surface area contributed by atoms with Crippen LogP contribution < -0.4 is 5.43 Å². The van der Waals surface area contributed by atoms with E-state index >= 15 is 0 Å². The lowest BCUT2D eigenvalue weighted by Crippen LogP contribution is -2.18. The van der Waals surface area contributed by atoms with Gasteiger partial charge >= 0.3 is 0 Å². The molecule has 0 aliphatic rings. The Kier molecular flexibility index (Phi) is 4.57. The van der Waals surface area contributed by atoms with Crippen molar-refractivity contribution >= 4 is 22.9 Å². The molecule has 2 N–H and O–H groups in total. The van der Waals surface area contributed by atoms with Crippen LogP contribution in [0, 0.1) is 0 Å². The molecule has 0 fully saturated rings.